The van der Waals surface area contributed by atoms with Crippen molar-refractivity contribution in [1.82, 2.24) is 15.0 Å². The minimum Gasteiger partial charge on any atom is -0.461 e. The Hall–Kier alpha value is -3.53. The van der Waals surface area contributed by atoms with Crippen LogP contribution < -0.4 is 5.32 Å². The van der Waals surface area contributed by atoms with Gasteiger partial charge in [0.05, 0.1) is 23.6 Å². The minimum atomic E-state index is -0.485. The molecule has 1 N–H and O–H groups in total. The molecule has 2 aromatic heterocycles. The third-order valence-corrected chi connectivity index (χ3v) is 4.22. The predicted molar refractivity (Wildman–Crippen MR) is 92.9 cm³/mol. The van der Waals surface area contributed by atoms with E-state index in [-0.39, 0.29) is 24.1 Å². The highest BCUT2D eigenvalue weighted by Crippen LogP contribution is 2.27. The normalized spacial score (nSPS) is 14.7. The first kappa shape index (κ1) is 16.9. The van der Waals surface area contributed by atoms with Gasteiger partial charge in [0, 0.05) is 30.9 Å². The van der Waals surface area contributed by atoms with E-state index in [2.05, 4.69) is 15.5 Å². The van der Waals surface area contributed by atoms with E-state index in [9.17, 15) is 14.9 Å². The second-order valence-corrected chi connectivity index (χ2v) is 6.18. The van der Waals surface area contributed by atoms with Crippen molar-refractivity contribution >= 4 is 17.3 Å². The summed E-state index contributed by atoms with van der Waals surface area (Å²) in [5.74, 6) is 1.36. The summed E-state index contributed by atoms with van der Waals surface area (Å²) in [6.07, 6.45) is 1.54. The fourth-order valence-corrected chi connectivity index (χ4v) is 2.83. The number of nitrogens with one attached hydrogen (secondary N) is 1. The summed E-state index contributed by atoms with van der Waals surface area (Å²) in [6, 6.07) is 9.21. The quantitative estimate of drug-likeness (QED) is 0.518. The van der Waals surface area contributed by atoms with E-state index in [1.807, 2.05) is 4.90 Å². The highest BCUT2D eigenvalue weighted by Gasteiger charge is 2.33. The number of benzene rings is 1. The lowest BCUT2D eigenvalue weighted by Gasteiger charge is -2.36. The highest BCUT2D eigenvalue weighted by molar-refractivity contribution is 5.92. The van der Waals surface area contributed by atoms with Crippen molar-refractivity contribution in [2.45, 2.75) is 5.92 Å². The molecule has 10 nitrogen and oxygen atoms in total. The lowest BCUT2D eigenvalue weighted by Crippen LogP contribution is -2.48. The SMILES string of the molecule is O=C(CN1CC(c2nc(-c3ccco3)no2)C1)Nc1ccc([N+](=O)[O-])cc1. The fourth-order valence-electron chi connectivity index (χ4n) is 2.83. The lowest BCUT2D eigenvalue weighted by atomic mass is 10.0. The van der Waals surface area contributed by atoms with Crippen LogP contribution in [0.3, 0.4) is 0 Å². The molecule has 0 unspecified atom stereocenters. The van der Waals surface area contributed by atoms with Crippen LogP contribution in [0, 0.1) is 10.1 Å². The number of furan rings is 1. The van der Waals surface area contributed by atoms with E-state index in [4.69, 9.17) is 8.94 Å². The summed E-state index contributed by atoms with van der Waals surface area (Å²) < 4.78 is 10.5. The number of amides is 1. The van der Waals surface area contributed by atoms with Crippen molar-refractivity contribution in [3.63, 3.8) is 0 Å². The third kappa shape index (κ3) is 3.70. The topological polar surface area (TPSA) is 128 Å². The maximum Gasteiger partial charge on any atom is 0.269 e. The van der Waals surface area contributed by atoms with Crippen LogP contribution in [-0.4, -0.2) is 45.5 Å². The first-order valence-corrected chi connectivity index (χ1v) is 8.22. The van der Waals surface area contributed by atoms with Gasteiger partial charge in [0.1, 0.15) is 0 Å². The average molecular weight is 369 g/mol. The van der Waals surface area contributed by atoms with E-state index in [0.29, 0.717) is 36.3 Å². The Bertz CT molecular complexity index is 945. The van der Waals surface area contributed by atoms with Crippen LogP contribution in [0.1, 0.15) is 11.8 Å². The Balaban J connectivity index is 1.26. The standard InChI is InChI=1S/C17H15N5O5/c23-15(18-12-3-5-13(6-4-12)22(24)25)10-21-8-11(9-21)17-19-16(20-27-17)14-2-1-7-26-14/h1-7,11H,8-10H2,(H,18,23). The van der Waals surface area contributed by atoms with Gasteiger partial charge in [-0.25, -0.2) is 0 Å². The molecule has 0 aliphatic carbocycles. The van der Waals surface area contributed by atoms with Crippen LogP contribution in [0.5, 0.6) is 0 Å². The van der Waals surface area contributed by atoms with Crippen LogP contribution >= 0.6 is 0 Å². The zero-order chi connectivity index (χ0) is 18.8. The molecule has 10 heteroatoms. The minimum absolute atomic E-state index is 0.0212. The molecule has 0 spiro atoms. The number of anilines is 1. The van der Waals surface area contributed by atoms with Gasteiger partial charge in [0.2, 0.25) is 17.6 Å². The average Bonchev–Trinajstić information content (AvgIpc) is 3.29. The molecule has 1 saturated heterocycles. The summed E-state index contributed by atoms with van der Waals surface area (Å²) in [5, 5.41) is 17.2. The second kappa shape index (κ2) is 7.00. The predicted octanol–water partition coefficient (Wildman–Crippen LogP) is 2.28. The lowest BCUT2D eigenvalue weighted by molar-refractivity contribution is -0.384. The number of rotatable bonds is 6. The van der Waals surface area contributed by atoms with Crippen LogP contribution in [0.25, 0.3) is 11.6 Å². The number of aromatic nitrogens is 2. The van der Waals surface area contributed by atoms with Gasteiger partial charge < -0.3 is 14.3 Å². The molecule has 1 aliphatic rings. The molecule has 0 saturated carbocycles. The first-order valence-electron chi connectivity index (χ1n) is 8.22. The van der Waals surface area contributed by atoms with Gasteiger partial charge in [-0.05, 0) is 24.3 Å². The van der Waals surface area contributed by atoms with Gasteiger partial charge in [-0.15, -0.1) is 0 Å². The smallest absolute Gasteiger partial charge is 0.269 e. The number of nitrogens with zero attached hydrogens (tertiary/aromatic N) is 4. The van der Waals surface area contributed by atoms with E-state index in [1.54, 1.807) is 18.4 Å². The molecule has 0 radical (unpaired) electrons. The monoisotopic (exact) mass is 369 g/mol. The second-order valence-electron chi connectivity index (χ2n) is 6.18. The van der Waals surface area contributed by atoms with Crippen LogP contribution in [0.15, 0.2) is 51.6 Å². The summed E-state index contributed by atoms with van der Waals surface area (Å²) in [4.78, 5) is 28.5. The van der Waals surface area contributed by atoms with Crippen molar-refractivity contribution in [2.75, 3.05) is 25.0 Å². The Kier molecular flexibility index (Phi) is 4.38. The summed E-state index contributed by atoms with van der Waals surface area (Å²) in [7, 11) is 0. The van der Waals surface area contributed by atoms with E-state index < -0.39 is 4.92 Å². The largest absolute Gasteiger partial charge is 0.461 e. The Morgan fingerprint density at radius 3 is 2.74 bits per heavy atom. The molecule has 4 rings (SSSR count). The van der Waals surface area contributed by atoms with Gasteiger partial charge >= 0.3 is 0 Å². The zero-order valence-corrected chi connectivity index (χ0v) is 14.1. The Morgan fingerprint density at radius 1 is 1.30 bits per heavy atom. The fraction of sp³-hybridized carbons (Fsp3) is 0.235. The molecule has 0 bridgehead atoms. The molecule has 3 heterocycles. The molecular formula is C17H15N5O5. The Labute approximate surface area is 152 Å². The van der Waals surface area contributed by atoms with E-state index in [1.165, 1.54) is 24.3 Å². The first-order chi connectivity index (χ1) is 13.1. The van der Waals surface area contributed by atoms with Crippen molar-refractivity contribution in [2.24, 2.45) is 0 Å². The number of hydrogen-bond donors (Lipinski definition) is 1. The summed E-state index contributed by atoms with van der Waals surface area (Å²) >= 11 is 0. The zero-order valence-electron chi connectivity index (χ0n) is 14.1. The molecular weight excluding hydrogens is 354 g/mol. The van der Waals surface area contributed by atoms with Gasteiger partial charge in [0.25, 0.3) is 5.69 Å². The summed E-state index contributed by atoms with van der Waals surface area (Å²) in [5.41, 5.74) is 0.495. The molecule has 138 valence electrons. The third-order valence-electron chi connectivity index (χ3n) is 4.22. The van der Waals surface area contributed by atoms with Crippen molar-refractivity contribution in [1.29, 1.82) is 0 Å². The van der Waals surface area contributed by atoms with Crippen LogP contribution in [-0.2, 0) is 4.79 Å². The van der Waals surface area contributed by atoms with Gasteiger partial charge in [-0.1, -0.05) is 5.16 Å². The van der Waals surface area contributed by atoms with E-state index >= 15 is 0 Å². The number of carbonyl (C=O) groups is 1. The Morgan fingerprint density at radius 2 is 2.07 bits per heavy atom. The molecule has 1 amide bonds. The maximum absolute atomic E-state index is 12.1. The number of nitro benzene ring substituents is 1. The van der Waals surface area contributed by atoms with Crippen molar-refractivity contribution in [3.05, 3.63) is 58.7 Å². The van der Waals surface area contributed by atoms with Gasteiger partial charge in [-0.3, -0.25) is 19.8 Å². The van der Waals surface area contributed by atoms with E-state index in [0.717, 1.165) is 0 Å². The highest BCUT2D eigenvalue weighted by atomic mass is 16.6. The number of carbonyl (C=O) groups excluding carboxylic acids is 1. The maximum atomic E-state index is 12.1. The molecule has 27 heavy (non-hydrogen) atoms. The molecule has 0 atom stereocenters. The summed E-state index contributed by atoms with van der Waals surface area (Å²) in [6.45, 7) is 1.48. The molecule has 1 aliphatic heterocycles. The number of likely N-dealkylation sites (tertiary alicyclic amines) is 1. The van der Waals surface area contributed by atoms with Crippen LogP contribution in [0.4, 0.5) is 11.4 Å². The number of non-ortho nitro benzene ring substituents is 1. The van der Waals surface area contributed by atoms with Gasteiger partial charge in [-0.2, -0.15) is 4.98 Å². The van der Waals surface area contributed by atoms with Crippen molar-refractivity contribution < 1.29 is 18.7 Å². The molecule has 1 fully saturated rings. The van der Waals surface area contributed by atoms with Crippen LogP contribution in [0.2, 0.25) is 0 Å². The number of nitro groups is 1. The van der Waals surface area contributed by atoms with Gasteiger partial charge in [0.15, 0.2) is 5.76 Å². The molecule has 1 aromatic carbocycles. The number of hydrogen-bond acceptors (Lipinski definition) is 8. The molecule has 3 aromatic rings. The van der Waals surface area contributed by atoms with Crippen molar-refractivity contribution in [3.8, 4) is 11.6 Å².